The molecule has 5 heteroatoms. The highest BCUT2D eigenvalue weighted by molar-refractivity contribution is 14.1. The van der Waals surface area contributed by atoms with Gasteiger partial charge in [-0.2, -0.15) is 0 Å². The SMILES string of the molecule is Cc1nc(C(F)F)cc(I)c1CCl. The highest BCUT2D eigenvalue weighted by Crippen LogP contribution is 2.23. The number of aromatic nitrogens is 1. The summed E-state index contributed by atoms with van der Waals surface area (Å²) in [5.74, 6) is 0.306. The number of hydrogen-bond donors (Lipinski definition) is 0. The van der Waals surface area contributed by atoms with Crippen LogP contribution in [0.4, 0.5) is 8.78 Å². The van der Waals surface area contributed by atoms with Crippen molar-refractivity contribution in [1.29, 1.82) is 0 Å². The molecule has 1 aromatic heterocycles. The lowest BCUT2D eigenvalue weighted by molar-refractivity contribution is 0.145. The molecule has 0 radical (unpaired) electrons. The van der Waals surface area contributed by atoms with E-state index >= 15 is 0 Å². The number of pyridine rings is 1. The van der Waals surface area contributed by atoms with Crippen molar-refractivity contribution in [3.8, 4) is 0 Å². The van der Waals surface area contributed by atoms with E-state index in [4.69, 9.17) is 11.6 Å². The minimum atomic E-state index is -2.52. The predicted octanol–water partition coefficient (Wildman–Crippen LogP) is 3.67. The van der Waals surface area contributed by atoms with Crippen LogP contribution in [0.5, 0.6) is 0 Å². The topological polar surface area (TPSA) is 12.9 Å². The first-order chi connectivity index (χ1) is 6.06. The molecule has 1 nitrogen and oxygen atoms in total. The zero-order chi connectivity index (χ0) is 10.0. The van der Waals surface area contributed by atoms with Crippen molar-refractivity contribution in [2.75, 3.05) is 0 Å². The van der Waals surface area contributed by atoms with E-state index in [1.807, 2.05) is 22.6 Å². The average Bonchev–Trinajstić information content (AvgIpc) is 2.03. The van der Waals surface area contributed by atoms with Crippen LogP contribution in [0.25, 0.3) is 0 Å². The molecule has 0 unspecified atom stereocenters. The molecule has 0 aliphatic carbocycles. The van der Waals surface area contributed by atoms with Crippen molar-refractivity contribution < 1.29 is 8.78 Å². The predicted molar refractivity (Wildman–Crippen MR) is 56.2 cm³/mol. The van der Waals surface area contributed by atoms with Gasteiger partial charge in [0.25, 0.3) is 6.43 Å². The van der Waals surface area contributed by atoms with Gasteiger partial charge in [-0.05, 0) is 35.6 Å². The third-order valence-corrected chi connectivity index (χ3v) is 2.88. The summed E-state index contributed by atoms with van der Waals surface area (Å²) in [4.78, 5) is 3.77. The molecule has 0 aliphatic heterocycles. The summed E-state index contributed by atoms with van der Waals surface area (Å²) in [6, 6.07) is 1.37. The second-order valence-corrected chi connectivity index (χ2v) is 3.96. The Bertz CT molecular complexity index is 294. The Hall–Kier alpha value is 0.0300. The van der Waals surface area contributed by atoms with Crippen LogP contribution in [0.3, 0.4) is 0 Å². The lowest BCUT2D eigenvalue weighted by atomic mass is 10.2. The van der Waals surface area contributed by atoms with Gasteiger partial charge in [-0.1, -0.05) is 0 Å². The van der Waals surface area contributed by atoms with Gasteiger partial charge in [-0.15, -0.1) is 11.6 Å². The Morgan fingerprint density at radius 3 is 2.62 bits per heavy atom. The van der Waals surface area contributed by atoms with Gasteiger partial charge in [-0.3, -0.25) is 4.98 Å². The first-order valence-corrected chi connectivity index (χ1v) is 5.17. The van der Waals surface area contributed by atoms with Crippen LogP contribution in [0.15, 0.2) is 6.07 Å². The van der Waals surface area contributed by atoms with E-state index in [9.17, 15) is 8.78 Å². The van der Waals surface area contributed by atoms with E-state index < -0.39 is 6.43 Å². The molecule has 0 saturated heterocycles. The van der Waals surface area contributed by atoms with Crippen molar-refractivity contribution in [2.45, 2.75) is 19.2 Å². The Kier molecular flexibility index (Phi) is 3.85. The van der Waals surface area contributed by atoms with Crippen molar-refractivity contribution in [1.82, 2.24) is 4.98 Å². The molecular weight excluding hydrogens is 310 g/mol. The summed E-state index contributed by atoms with van der Waals surface area (Å²) < 4.78 is 25.3. The minimum absolute atomic E-state index is 0.184. The highest BCUT2D eigenvalue weighted by atomic mass is 127. The highest BCUT2D eigenvalue weighted by Gasteiger charge is 2.13. The molecule has 0 aliphatic rings. The van der Waals surface area contributed by atoms with Crippen LogP contribution in [-0.2, 0) is 5.88 Å². The normalized spacial score (nSPS) is 10.9. The summed E-state index contributed by atoms with van der Waals surface area (Å²) in [6.07, 6.45) is -2.52. The van der Waals surface area contributed by atoms with Crippen molar-refractivity contribution in [3.63, 3.8) is 0 Å². The van der Waals surface area contributed by atoms with Crippen LogP contribution in [0.2, 0.25) is 0 Å². The van der Waals surface area contributed by atoms with Gasteiger partial charge < -0.3 is 0 Å². The Balaban J connectivity index is 3.20. The van der Waals surface area contributed by atoms with Crippen LogP contribution in [0.1, 0.15) is 23.4 Å². The first kappa shape index (κ1) is 11.1. The number of nitrogens with zero attached hydrogens (tertiary/aromatic N) is 1. The van der Waals surface area contributed by atoms with E-state index in [0.717, 1.165) is 9.13 Å². The van der Waals surface area contributed by atoms with Gasteiger partial charge in [-0.25, -0.2) is 8.78 Å². The maximum absolute atomic E-state index is 12.3. The van der Waals surface area contributed by atoms with E-state index in [1.54, 1.807) is 6.92 Å². The van der Waals surface area contributed by atoms with Gasteiger partial charge in [0.05, 0.1) is 5.88 Å². The largest absolute Gasteiger partial charge is 0.280 e. The number of rotatable bonds is 2. The summed E-state index contributed by atoms with van der Waals surface area (Å²) >= 11 is 7.62. The number of aryl methyl sites for hydroxylation is 1. The summed E-state index contributed by atoms with van der Waals surface area (Å²) in [5, 5.41) is 0. The fourth-order valence-corrected chi connectivity index (χ4v) is 2.42. The third kappa shape index (κ3) is 2.49. The molecule has 0 atom stereocenters. The molecule has 1 rings (SSSR count). The Morgan fingerprint density at radius 2 is 2.23 bits per heavy atom. The molecule has 13 heavy (non-hydrogen) atoms. The molecule has 0 amide bonds. The van der Waals surface area contributed by atoms with E-state index in [0.29, 0.717) is 11.6 Å². The zero-order valence-electron chi connectivity index (χ0n) is 6.82. The van der Waals surface area contributed by atoms with Crippen LogP contribution >= 0.6 is 34.2 Å². The first-order valence-electron chi connectivity index (χ1n) is 3.56. The Labute approximate surface area is 93.6 Å². The number of hydrogen-bond acceptors (Lipinski definition) is 1. The monoisotopic (exact) mass is 317 g/mol. The van der Waals surface area contributed by atoms with Gasteiger partial charge in [0.15, 0.2) is 0 Å². The summed E-state index contributed by atoms with van der Waals surface area (Å²) in [7, 11) is 0. The van der Waals surface area contributed by atoms with E-state index in [2.05, 4.69) is 4.98 Å². The van der Waals surface area contributed by atoms with Crippen molar-refractivity contribution in [2.24, 2.45) is 0 Å². The fourth-order valence-electron chi connectivity index (χ4n) is 0.955. The molecule has 1 heterocycles. The molecule has 0 bridgehead atoms. The van der Waals surface area contributed by atoms with Gasteiger partial charge in [0.2, 0.25) is 0 Å². The second-order valence-electron chi connectivity index (χ2n) is 2.53. The van der Waals surface area contributed by atoms with Gasteiger partial charge in [0.1, 0.15) is 5.69 Å². The quantitative estimate of drug-likeness (QED) is 0.599. The molecule has 0 spiro atoms. The Morgan fingerprint density at radius 1 is 1.62 bits per heavy atom. The lowest BCUT2D eigenvalue weighted by Crippen LogP contribution is -1.99. The maximum Gasteiger partial charge on any atom is 0.280 e. The van der Waals surface area contributed by atoms with E-state index in [1.165, 1.54) is 6.07 Å². The number of halogens is 4. The van der Waals surface area contributed by atoms with Gasteiger partial charge in [0, 0.05) is 14.8 Å². The van der Waals surface area contributed by atoms with Crippen molar-refractivity contribution >= 4 is 34.2 Å². The smallest absolute Gasteiger partial charge is 0.252 e. The fraction of sp³-hybridized carbons (Fsp3) is 0.375. The van der Waals surface area contributed by atoms with Gasteiger partial charge >= 0.3 is 0 Å². The minimum Gasteiger partial charge on any atom is -0.252 e. The molecule has 0 saturated carbocycles. The lowest BCUT2D eigenvalue weighted by Gasteiger charge is -2.07. The molecule has 72 valence electrons. The molecular formula is C8H7ClF2IN. The maximum atomic E-state index is 12.3. The molecule has 0 N–H and O–H groups in total. The standard InChI is InChI=1S/C8H7ClF2IN/c1-4-5(3-9)6(12)2-7(13-4)8(10)11/h2,8H,3H2,1H3. The van der Waals surface area contributed by atoms with E-state index in [-0.39, 0.29) is 5.69 Å². The third-order valence-electron chi connectivity index (χ3n) is 1.65. The van der Waals surface area contributed by atoms with Crippen LogP contribution in [0, 0.1) is 10.5 Å². The average molecular weight is 318 g/mol. The molecule has 1 aromatic rings. The number of alkyl halides is 3. The van der Waals surface area contributed by atoms with Crippen LogP contribution in [-0.4, -0.2) is 4.98 Å². The zero-order valence-corrected chi connectivity index (χ0v) is 9.73. The second kappa shape index (κ2) is 4.50. The molecule has 0 aromatic carbocycles. The summed E-state index contributed by atoms with van der Waals surface area (Å²) in [5.41, 5.74) is 1.22. The van der Waals surface area contributed by atoms with Crippen molar-refractivity contribution in [3.05, 3.63) is 26.6 Å². The summed E-state index contributed by atoms with van der Waals surface area (Å²) in [6.45, 7) is 1.69. The molecule has 0 fully saturated rings. The van der Waals surface area contributed by atoms with Crippen LogP contribution < -0.4 is 0 Å².